The van der Waals surface area contributed by atoms with Gasteiger partial charge in [0.15, 0.2) is 0 Å². The molecule has 0 bridgehead atoms. The van der Waals surface area contributed by atoms with Gasteiger partial charge in [-0.25, -0.2) is 0 Å². The van der Waals surface area contributed by atoms with Crippen LogP contribution in [0.5, 0.6) is 11.5 Å². The van der Waals surface area contributed by atoms with Gasteiger partial charge in [0.1, 0.15) is 11.5 Å². The molecule has 6 heteroatoms. The molecule has 0 atom stereocenters. The molecule has 1 aromatic carbocycles. The van der Waals surface area contributed by atoms with E-state index in [1.165, 1.54) is 25.3 Å². The Morgan fingerprint density at radius 2 is 2.00 bits per heavy atom. The van der Waals surface area contributed by atoms with Crippen LogP contribution in [0.25, 0.3) is 0 Å². The van der Waals surface area contributed by atoms with Crippen LogP contribution in [0.3, 0.4) is 0 Å². The van der Waals surface area contributed by atoms with E-state index < -0.39 is 6.36 Å². The second-order valence-corrected chi connectivity index (χ2v) is 3.06. The van der Waals surface area contributed by atoms with Crippen LogP contribution in [0.2, 0.25) is 0 Å². The Balaban J connectivity index is 2.93. The summed E-state index contributed by atoms with van der Waals surface area (Å²) in [6.07, 6.45) is -4.26. The summed E-state index contributed by atoms with van der Waals surface area (Å²) >= 11 is 0. The Hall–Kier alpha value is -1.43. The number of methoxy groups -OCH3 is 1. The fourth-order valence-corrected chi connectivity index (χ4v) is 1.30. The highest BCUT2D eigenvalue weighted by molar-refractivity contribution is 5.40. The standard InChI is InChI=1S/C10H12F3NO2/c1-15-9-3-2-8(16-10(11,12)13)6-7(9)4-5-14/h2-3,6H,4-5,14H2,1H3. The molecule has 0 spiro atoms. The number of nitrogens with two attached hydrogens (primary N) is 1. The van der Waals surface area contributed by atoms with Gasteiger partial charge in [-0.2, -0.15) is 0 Å². The Bertz CT molecular complexity index is 352. The number of ether oxygens (including phenoxy) is 2. The van der Waals surface area contributed by atoms with Gasteiger partial charge in [-0.15, -0.1) is 13.2 Å². The van der Waals surface area contributed by atoms with Gasteiger partial charge in [-0.3, -0.25) is 0 Å². The molecule has 2 N–H and O–H groups in total. The fourth-order valence-electron chi connectivity index (χ4n) is 1.30. The lowest BCUT2D eigenvalue weighted by molar-refractivity contribution is -0.274. The molecule has 0 saturated carbocycles. The molecule has 0 unspecified atom stereocenters. The van der Waals surface area contributed by atoms with Crippen molar-refractivity contribution in [1.29, 1.82) is 0 Å². The summed E-state index contributed by atoms with van der Waals surface area (Å²) in [6.45, 7) is 0.325. The molecule has 1 aromatic rings. The first kappa shape index (κ1) is 12.6. The van der Waals surface area contributed by atoms with Crippen molar-refractivity contribution in [3.8, 4) is 11.5 Å². The molecule has 0 amide bonds. The van der Waals surface area contributed by atoms with E-state index in [9.17, 15) is 13.2 Å². The lowest BCUT2D eigenvalue weighted by Crippen LogP contribution is -2.17. The maximum absolute atomic E-state index is 12.0. The number of rotatable bonds is 4. The summed E-state index contributed by atoms with van der Waals surface area (Å²) in [5.74, 6) is 0.233. The van der Waals surface area contributed by atoms with Crippen molar-refractivity contribution in [2.75, 3.05) is 13.7 Å². The van der Waals surface area contributed by atoms with E-state index in [0.717, 1.165) is 0 Å². The first-order valence-corrected chi connectivity index (χ1v) is 4.59. The molecule has 0 heterocycles. The number of hydrogen-bond acceptors (Lipinski definition) is 3. The first-order valence-electron chi connectivity index (χ1n) is 4.59. The zero-order valence-corrected chi connectivity index (χ0v) is 8.67. The van der Waals surface area contributed by atoms with Crippen LogP contribution in [0.4, 0.5) is 13.2 Å². The molecule has 0 fully saturated rings. The van der Waals surface area contributed by atoms with Crippen LogP contribution in [0.1, 0.15) is 5.56 Å². The normalized spacial score (nSPS) is 11.3. The van der Waals surface area contributed by atoms with Crippen LogP contribution in [-0.4, -0.2) is 20.0 Å². The van der Waals surface area contributed by atoms with Crippen LogP contribution < -0.4 is 15.2 Å². The lowest BCUT2D eigenvalue weighted by Gasteiger charge is -2.12. The van der Waals surface area contributed by atoms with Crippen molar-refractivity contribution in [1.82, 2.24) is 0 Å². The predicted molar refractivity (Wildman–Crippen MR) is 52.4 cm³/mol. The van der Waals surface area contributed by atoms with Gasteiger partial charge in [0.2, 0.25) is 0 Å². The highest BCUT2D eigenvalue weighted by Crippen LogP contribution is 2.28. The Labute approximate surface area is 91.0 Å². The average Bonchev–Trinajstić information content (AvgIpc) is 2.16. The Morgan fingerprint density at radius 3 is 2.50 bits per heavy atom. The molecular weight excluding hydrogens is 223 g/mol. The molecule has 0 aliphatic carbocycles. The second kappa shape index (κ2) is 5.07. The van der Waals surface area contributed by atoms with Gasteiger partial charge in [0, 0.05) is 0 Å². The van der Waals surface area contributed by atoms with E-state index in [2.05, 4.69) is 4.74 Å². The average molecular weight is 235 g/mol. The van der Waals surface area contributed by atoms with Gasteiger partial charge in [-0.05, 0) is 36.7 Å². The number of halogens is 3. The number of hydrogen-bond donors (Lipinski definition) is 1. The zero-order chi connectivity index (χ0) is 12.2. The molecule has 0 aliphatic heterocycles. The summed E-state index contributed by atoms with van der Waals surface area (Å²) in [5, 5.41) is 0. The smallest absolute Gasteiger partial charge is 0.496 e. The molecule has 0 saturated heterocycles. The zero-order valence-electron chi connectivity index (χ0n) is 8.67. The van der Waals surface area contributed by atoms with Gasteiger partial charge >= 0.3 is 6.36 Å². The molecule has 0 aromatic heterocycles. The topological polar surface area (TPSA) is 44.5 Å². The van der Waals surface area contributed by atoms with Crippen LogP contribution in [0, 0.1) is 0 Å². The third-order valence-corrected chi connectivity index (χ3v) is 1.90. The fraction of sp³-hybridized carbons (Fsp3) is 0.400. The van der Waals surface area contributed by atoms with Crippen molar-refractivity contribution in [3.63, 3.8) is 0 Å². The van der Waals surface area contributed by atoms with E-state index in [1.807, 2.05) is 0 Å². The number of alkyl halides is 3. The molecule has 90 valence electrons. The third kappa shape index (κ3) is 3.62. The van der Waals surface area contributed by atoms with Gasteiger partial charge in [-0.1, -0.05) is 0 Å². The minimum Gasteiger partial charge on any atom is -0.496 e. The molecule has 1 rings (SSSR count). The van der Waals surface area contributed by atoms with Crippen molar-refractivity contribution in [2.45, 2.75) is 12.8 Å². The van der Waals surface area contributed by atoms with E-state index >= 15 is 0 Å². The summed E-state index contributed by atoms with van der Waals surface area (Å²) in [5.41, 5.74) is 5.93. The maximum Gasteiger partial charge on any atom is 0.573 e. The van der Waals surface area contributed by atoms with Crippen molar-refractivity contribution < 1.29 is 22.6 Å². The van der Waals surface area contributed by atoms with E-state index in [-0.39, 0.29) is 5.75 Å². The third-order valence-electron chi connectivity index (χ3n) is 1.90. The maximum atomic E-state index is 12.0. The van der Waals surface area contributed by atoms with Crippen LogP contribution >= 0.6 is 0 Å². The minimum absolute atomic E-state index is 0.267. The minimum atomic E-state index is -4.69. The van der Waals surface area contributed by atoms with Crippen molar-refractivity contribution in [3.05, 3.63) is 23.8 Å². The Kier molecular flexibility index (Phi) is 4.00. The lowest BCUT2D eigenvalue weighted by atomic mass is 10.1. The summed E-state index contributed by atoms with van der Waals surface area (Å²) in [6, 6.07) is 3.90. The highest BCUT2D eigenvalue weighted by atomic mass is 19.4. The first-order chi connectivity index (χ1) is 7.46. The van der Waals surface area contributed by atoms with Crippen molar-refractivity contribution in [2.24, 2.45) is 5.73 Å². The molecule has 3 nitrogen and oxygen atoms in total. The largest absolute Gasteiger partial charge is 0.573 e. The Morgan fingerprint density at radius 1 is 1.31 bits per heavy atom. The van der Waals surface area contributed by atoms with Crippen LogP contribution in [-0.2, 0) is 6.42 Å². The summed E-state index contributed by atoms with van der Waals surface area (Å²) in [7, 11) is 1.44. The molecular formula is C10H12F3NO2. The predicted octanol–water partition coefficient (Wildman–Crippen LogP) is 2.10. The molecule has 16 heavy (non-hydrogen) atoms. The monoisotopic (exact) mass is 235 g/mol. The van der Waals surface area contributed by atoms with Gasteiger partial charge in [0.25, 0.3) is 0 Å². The summed E-state index contributed by atoms with van der Waals surface area (Å²) < 4.78 is 44.7. The van der Waals surface area contributed by atoms with E-state index in [0.29, 0.717) is 24.3 Å². The summed E-state index contributed by atoms with van der Waals surface area (Å²) in [4.78, 5) is 0. The van der Waals surface area contributed by atoms with E-state index in [1.54, 1.807) is 0 Å². The van der Waals surface area contributed by atoms with Gasteiger partial charge < -0.3 is 15.2 Å². The number of benzene rings is 1. The van der Waals surface area contributed by atoms with E-state index in [4.69, 9.17) is 10.5 Å². The second-order valence-electron chi connectivity index (χ2n) is 3.06. The van der Waals surface area contributed by atoms with Crippen LogP contribution in [0.15, 0.2) is 18.2 Å². The molecule has 0 radical (unpaired) electrons. The quantitative estimate of drug-likeness (QED) is 0.869. The molecule has 0 aliphatic rings. The van der Waals surface area contributed by atoms with Gasteiger partial charge in [0.05, 0.1) is 7.11 Å². The highest BCUT2D eigenvalue weighted by Gasteiger charge is 2.31. The van der Waals surface area contributed by atoms with Crippen molar-refractivity contribution >= 4 is 0 Å². The SMILES string of the molecule is COc1ccc(OC(F)(F)F)cc1CCN.